The van der Waals surface area contributed by atoms with Crippen molar-refractivity contribution in [3.8, 4) is 17.6 Å². The first-order chi connectivity index (χ1) is 9.26. The molecule has 1 aliphatic rings. The summed E-state index contributed by atoms with van der Waals surface area (Å²) in [5.74, 6) is 2.04. The van der Waals surface area contributed by atoms with Gasteiger partial charge in [-0.05, 0) is 48.4 Å². The Labute approximate surface area is 112 Å². The summed E-state index contributed by atoms with van der Waals surface area (Å²) in [5.41, 5.74) is 7.74. The van der Waals surface area contributed by atoms with Crippen molar-refractivity contribution < 1.29 is 4.74 Å². The molecule has 19 heavy (non-hydrogen) atoms. The summed E-state index contributed by atoms with van der Waals surface area (Å²) in [6.07, 6.45) is 1.08. The molecule has 1 saturated carbocycles. The molecule has 0 amide bonds. The minimum absolute atomic E-state index is 0.324. The Hall–Kier alpha value is -2.31. The third-order valence-corrected chi connectivity index (χ3v) is 3.37. The van der Waals surface area contributed by atoms with Gasteiger partial charge in [-0.1, -0.05) is 12.1 Å². The summed E-state index contributed by atoms with van der Waals surface area (Å²) >= 11 is 0. The molecule has 2 unspecified atom stereocenters. The second-order valence-electron chi connectivity index (χ2n) is 4.81. The van der Waals surface area contributed by atoms with E-state index in [2.05, 4.69) is 18.2 Å². The highest BCUT2D eigenvalue weighted by Gasteiger charge is 2.34. The summed E-state index contributed by atoms with van der Waals surface area (Å²) in [5, 5.41) is 8.73. The maximum Gasteiger partial charge on any atom is 0.127 e. The van der Waals surface area contributed by atoms with Crippen molar-refractivity contribution in [2.24, 2.45) is 5.73 Å². The quantitative estimate of drug-likeness (QED) is 0.910. The summed E-state index contributed by atoms with van der Waals surface area (Å²) in [6, 6.07) is 17.5. The first kappa shape index (κ1) is 11.8. The minimum Gasteiger partial charge on any atom is -0.457 e. The van der Waals surface area contributed by atoms with E-state index in [1.54, 1.807) is 24.3 Å². The number of nitrogens with two attached hydrogens (primary N) is 1. The number of nitriles is 1. The molecular formula is C16H14N2O. The van der Waals surface area contributed by atoms with Crippen LogP contribution in [0.2, 0.25) is 0 Å². The van der Waals surface area contributed by atoms with Crippen LogP contribution in [0.5, 0.6) is 11.5 Å². The molecule has 1 aliphatic carbocycles. The lowest BCUT2D eigenvalue weighted by Crippen LogP contribution is -2.00. The van der Waals surface area contributed by atoms with E-state index in [-0.39, 0.29) is 0 Å². The van der Waals surface area contributed by atoms with Gasteiger partial charge >= 0.3 is 0 Å². The molecule has 2 atom stereocenters. The molecule has 2 N–H and O–H groups in total. The lowest BCUT2D eigenvalue weighted by molar-refractivity contribution is 0.482. The van der Waals surface area contributed by atoms with Crippen molar-refractivity contribution in [1.82, 2.24) is 0 Å². The average molecular weight is 250 g/mol. The Balaban J connectivity index is 1.70. The summed E-state index contributed by atoms with van der Waals surface area (Å²) < 4.78 is 5.72. The SMILES string of the molecule is N#Cc1ccc(Oc2ccc(C3CC3N)cc2)cc1. The fourth-order valence-corrected chi connectivity index (χ4v) is 2.11. The molecule has 0 radical (unpaired) electrons. The molecule has 1 fully saturated rings. The molecule has 2 aromatic carbocycles. The number of hydrogen-bond donors (Lipinski definition) is 1. The maximum absolute atomic E-state index is 8.73. The van der Waals surface area contributed by atoms with Gasteiger partial charge in [-0.15, -0.1) is 0 Å². The zero-order valence-electron chi connectivity index (χ0n) is 10.4. The number of ether oxygens (including phenoxy) is 1. The van der Waals surface area contributed by atoms with Gasteiger partial charge in [0.25, 0.3) is 0 Å². The second-order valence-corrected chi connectivity index (χ2v) is 4.81. The predicted molar refractivity (Wildman–Crippen MR) is 73.0 cm³/mol. The zero-order chi connectivity index (χ0) is 13.2. The topological polar surface area (TPSA) is 59.0 Å². The first-order valence-electron chi connectivity index (χ1n) is 6.30. The molecule has 0 aromatic heterocycles. The molecule has 2 aromatic rings. The lowest BCUT2D eigenvalue weighted by atomic mass is 10.1. The molecule has 0 heterocycles. The number of rotatable bonds is 3. The third-order valence-electron chi connectivity index (χ3n) is 3.37. The van der Waals surface area contributed by atoms with Crippen molar-refractivity contribution in [2.75, 3.05) is 0 Å². The van der Waals surface area contributed by atoms with Gasteiger partial charge in [-0.2, -0.15) is 5.26 Å². The molecule has 0 aliphatic heterocycles. The summed E-state index contributed by atoms with van der Waals surface area (Å²) in [4.78, 5) is 0. The second kappa shape index (κ2) is 4.75. The molecule has 3 heteroatoms. The predicted octanol–water partition coefficient (Wildman–Crippen LogP) is 3.17. The van der Waals surface area contributed by atoms with E-state index in [9.17, 15) is 0 Å². The van der Waals surface area contributed by atoms with E-state index in [1.165, 1.54) is 5.56 Å². The highest BCUT2D eigenvalue weighted by Crippen LogP contribution is 2.39. The normalized spacial score (nSPS) is 20.6. The standard InChI is InChI=1S/C16H14N2O/c17-10-11-1-5-13(6-2-11)19-14-7-3-12(4-8-14)15-9-16(15)18/h1-8,15-16H,9,18H2. The minimum atomic E-state index is 0.324. The molecule has 0 saturated heterocycles. The van der Waals surface area contributed by atoms with Crippen molar-refractivity contribution >= 4 is 0 Å². The molecule has 3 rings (SSSR count). The van der Waals surface area contributed by atoms with Gasteiger partial charge in [0.15, 0.2) is 0 Å². The molecular weight excluding hydrogens is 236 g/mol. The highest BCUT2D eigenvalue weighted by atomic mass is 16.5. The number of hydrogen-bond acceptors (Lipinski definition) is 3. The van der Waals surface area contributed by atoms with Crippen LogP contribution in [0.4, 0.5) is 0 Å². The van der Waals surface area contributed by atoms with Crippen LogP contribution in [-0.4, -0.2) is 6.04 Å². The van der Waals surface area contributed by atoms with Crippen LogP contribution >= 0.6 is 0 Å². The summed E-state index contributed by atoms with van der Waals surface area (Å²) in [6.45, 7) is 0. The van der Waals surface area contributed by atoms with Crippen LogP contribution < -0.4 is 10.5 Å². The van der Waals surface area contributed by atoms with Crippen molar-refractivity contribution in [1.29, 1.82) is 5.26 Å². The smallest absolute Gasteiger partial charge is 0.127 e. The highest BCUT2D eigenvalue weighted by molar-refractivity contribution is 5.39. The van der Waals surface area contributed by atoms with Crippen LogP contribution in [-0.2, 0) is 0 Å². The van der Waals surface area contributed by atoms with Gasteiger partial charge in [0.05, 0.1) is 11.6 Å². The van der Waals surface area contributed by atoms with Crippen LogP contribution in [0, 0.1) is 11.3 Å². The van der Waals surface area contributed by atoms with Crippen LogP contribution in [0.25, 0.3) is 0 Å². The Bertz CT molecular complexity index is 611. The van der Waals surface area contributed by atoms with Crippen molar-refractivity contribution in [3.63, 3.8) is 0 Å². The zero-order valence-corrected chi connectivity index (χ0v) is 10.4. The van der Waals surface area contributed by atoms with E-state index >= 15 is 0 Å². The Morgan fingerprint density at radius 1 is 1.00 bits per heavy atom. The van der Waals surface area contributed by atoms with Gasteiger partial charge < -0.3 is 10.5 Å². The van der Waals surface area contributed by atoms with Gasteiger partial charge in [0, 0.05) is 12.0 Å². The van der Waals surface area contributed by atoms with Gasteiger partial charge in [-0.25, -0.2) is 0 Å². The van der Waals surface area contributed by atoms with Crippen LogP contribution in [0.1, 0.15) is 23.5 Å². The Morgan fingerprint density at radius 2 is 1.53 bits per heavy atom. The maximum atomic E-state index is 8.73. The third kappa shape index (κ3) is 2.59. The molecule has 94 valence electrons. The van der Waals surface area contributed by atoms with Gasteiger partial charge in [0.1, 0.15) is 11.5 Å². The van der Waals surface area contributed by atoms with Crippen molar-refractivity contribution in [3.05, 3.63) is 59.7 Å². The largest absolute Gasteiger partial charge is 0.457 e. The van der Waals surface area contributed by atoms with E-state index in [0.717, 1.165) is 17.9 Å². The number of nitrogens with zero attached hydrogens (tertiary/aromatic N) is 1. The first-order valence-corrected chi connectivity index (χ1v) is 6.30. The fourth-order valence-electron chi connectivity index (χ4n) is 2.11. The molecule has 0 spiro atoms. The Kier molecular flexibility index (Phi) is 2.94. The van der Waals surface area contributed by atoms with Gasteiger partial charge in [0.2, 0.25) is 0 Å². The monoisotopic (exact) mass is 250 g/mol. The Morgan fingerprint density at radius 3 is 2.00 bits per heavy atom. The molecule has 0 bridgehead atoms. The fraction of sp³-hybridized carbons (Fsp3) is 0.188. The summed E-state index contributed by atoms with van der Waals surface area (Å²) in [7, 11) is 0. The van der Waals surface area contributed by atoms with E-state index < -0.39 is 0 Å². The number of benzene rings is 2. The molecule has 3 nitrogen and oxygen atoms in total. The lowest BCUT2D eigenvalue weighted by Gasteiger charge is -2.06. The van der Waals surface area contributed by atoms with Crippen LogP contribution in [0.3, 0.4) is 0 Å². The van der Waals surface area contributed by atoms with E-state index in [0.29, 0.717) is 17.5 Å². The van der Waals surface area contributed by atoms with Gasteiger partial charge in [-0.3, -0.25) is 0 Å². The van der Waals surface area contributed by atoms with E-state index in [1.807, 2.05) is 12.1 Å². The average Bonchev–Trinajstić information content (AvgIpc) is 3.18. The van der Waals surface area contributed by atoms with Crippen molar-refractivity contribution in [2.45, 2.75) is 18.4 Å². The van der Waals surface area contributed by atoms with Crippen LogP contribution in [0.15, 0.2) is 48.5 Å². The van der Waals surface area contributed by atoms with E-state index in [4.69, 9.17) is 15.7 Å².